The molecule has 2 heteroatoms. The Bertz CT molecular complexity index is 173. The van der Waals surface area contributed by atoms with Gasteiger partial charge in [-0.15, -0.1) is 0 Å². The lowest BCUT2D eigenvalue weighted by Gasteiger charge is -2.30. The SMILES string of the molecule is CC1CCC(C(C)C)C(=NN)C1. The molecule has 2 unspecified atom stereocenters. The van der Waals surface area contributed by atoms with Crippen LogP contribution in [0.4, 0.5) is 0 Å². The molecule has 2 nitrogen and oxygen atoms in total. The fourth-order valence-corrected chi connectivity index (χ4v) is 2.11. The first-order valence-electron chi connectivity index (χ1n) is 4.91. The van der Waals surface area contributed by atoms with Crippen LogP contribution in [-0.4, -0.2) is 5.71 Å². The monoisotopic (exact) mass is 168 g/mol. The van der Waals surface area contributed by atoms with Crippen LogP contribution in [0.5, 0.6) is 0 Å². The molecular formula is C10H20N2. The molecule has 0 bridgehead atoms. The first-order valence-corrected chi connectivity index (χ1v) is 4.91. The van der Waals surface area contributed by atoms with E-state index in [9.17, 15) is 0 Å². The van der Waals surface area contributed by atoms with Crippen LogP contribution in [0.2, 0.25) is 0 Å². The average Bonchev–Trinajstić information content (AvgIpc) is 2.03. The van der Waals surface area contributed by atoms with Crippen LogP contribution in [0, 0.1) is 17.8 Å². The van der Waals surface area contributed by atoms with Crippen molar-refractivity contribution in [2.75, 3.05) is 0 Å². The smallest absolute Gasteiger partial charge is 0.0412 e. The Morgan fingerprint density at radius 2 is 2.08 bits per heavy atom. The molecule has 1 aliphatic carbocycles. The third kappa shape index (κ3) is 1.99. The Kier molecular flexibility index (Phi) is 3.12. The summed E-state index contributed by atoms with van der Waals surface area (Å²) in [6.07, 6.45) is 3.72. The number of hydrazone groups is 1. The Morgan fingerprint density at radius 3 is 2.58 bits per heavy atom. The Balaban J connectivity index is 2.63. The van der Waals surface area contributed by atoms with Gasteiger partial charge in [0.25, 0.3) is 0 Å². The summed E-state index contributed by atoms with van der Waals surface area (Å²) in [4.78, 5) is 0. The van der Waals surface area contributed by atoms with E-state index in [1.807, 2.05) is 0 Å². The fourth-order valence-electron chi connectivity index (χ4n) is 2.11. The molecule has 2 N–H and O–H groups in total. The average molecular weight is 168 g/mol. The van der Waals surface area contributed by atoms with E-state index < -0.39 is 0 Å². The molecule has 0 saturated heterocycles. The van der Waals surface area contributed by atoms with Crippen molar-refractivity contribution in [3.63, 3.8) is 0 Å². The standard InChI is InChI=1S/C10H20N2/c1-7(2)9-5-4-8(3)6-10(9)12-11/h7-9H,4-6,11H2,1-3H3. The van der Waals surface area contributed by atoms with Crippen LogP contribution in [-0.2, 0) is 0 Å². The van der Waals surface area contributed by atoms with Crippen LogP contribution in [0.1, 0.15) is 40.0 Å². The van der Waals surface area contributed by atoms with Crippen molar-refractivity contribution in [1.82, 2.24) is 0 Å². The highest BCUT2D eigenvalue weighted by Crippen LogP contribution is 2.30. The van der Waals surface area contributed by atoms with Crippen LogP contribution in [0.15, 0.2) is 5.10 Å². The van der Waals surface area contributed by atoms with Crippen LogP contribution in [0.25, 0.3) is 0 Å². The summed E-state index contributed by atoms with van der Waals surface area (Å²) in [5.74, 6) is 7.50. The molecule has 1 saturated carbocycles. The second kappa shape index (κ2) is 3.92. The van der Waals surface area contributed by atoms with Crippen molar-refractivity contribution in [3.05, 3.63) is 0 Å². The lowest BCUT2D eigenvalue weighted by Crippen LogP contribution is -2.28. The van der Waals surface area contributed by atoms with Gasteiger partial charge in [0, 0.05) is 11.6 Å². The number of rotatable bonds is 1. The summed E-state index contributed by atoms with van der Waals surface area (Å²) < 4.78 is 0. The fraction of sp³-hybridized carbons (Fsp3) is 0.900. The zero-order valence-corrected chi connectivity index (χ0v) is 8.38. The van der Waals surface area contributed by atoms with Crippen molar-refractivity contribution in [2.45, 2.75) is 40.0 Å². The summed E-state index contributed by atoms with van der Waals surface area (Å²) in [5, 5.41) is 3.92. The molecule has 1 aliphatic rings. The van der Waals surface area contributed by atoms with E-state index in [2.05, 4.69) is 25.9 Å². The normalized spacial score (nSPS) is 34.5. The molecule has 0 aromatic carbocycles. The molecule has 0 spiro atoms. The van der Waals surface area contributed by atoms with Gasteiger partial charge in [0.1, 0.15) is 0 Å². The van der Waals surface area contributed by atoms with Gasteiger partial charge in [-0.25, -0.2) is 0 Å². The Morgan fingerprint density at radius 1 is 1.42 bits per heavy atom. The Hall–Kier alpha value is -0.530. The van der Waals surface area contributed by atoms with Gasteiger partial charge in [-0.05, 0) is 31.1 Å². The molecule has 2 atom stereocenters. The van der Waals surface area contributed by atoms with Crippen molar-refractivity contribution in [3.8, 4) is 0 Å². The van der Waals surface area contributed by atoms with Crippen LogP contribution < -0.4 is 5.84 Å². The molecule has 0 heterocycles. The molecule has 70 valence electrons. The van der Waals surface area contributed by atoms with E-state index in [0.717, 1.165) is 12.3 Å². The zero-order valence-electron chi connectivity index (χ0n) is 8.38. The van der Waals surface area contributed by atoms with E-state index in [0.29, 0.717) is 11.8 Å². The molecule has 0 aromatic rings. The van der Waals surface area contributed by atoms with E-state index >= 15 is 0 Å². The quantitative estimate of drug-likeness (QED) is 0.474. The van der Waals surface area contributed by atoms with E-state index in [1.165, 1.54) is 18.6 Å². The summed E-state index contributed by atoms with van der Waals surface area (Å²) >= 11 is 0. The van der Waals surface area contributed by atoms with E-state index in [4.69, 9.17) is 5.84 Å². The summed E-state index contributed by atoms with van der Waals surface area (Å²) in [6, 6.07) is 0. The van der Waals surface area contributed by atoms with Gasteiger partial charge in [0.15, 0.2) is 0 Å². The Labute approximate surface area is 75.2 Å². The number of nitrogens with zero attached hydrogens (tertiary/aromatic N) is 1. The maximum atomic E-state index is 5.38. The number of hydrogen-bond donors (Lipinski definition) is 1. The van der Waals surface area contributed by atoms with E-state index in [1.54, 1.807) is 0 Å². The van der Waals surface area contributed by atoms with Gasteiger partial charge >= 0.3 is 0 Å². The van der Waals surface area contributed by atoms with Crippen LogP contribution >= 0.6 is 0 Å². The maximum Gasteiger partial charge on any atom is 0.0412 e. The minimum Gasteiger partial charge on any atom is -0.323 e. The highest BCUT2D eigenvalue weighted by atomic mass is 15.1. The highest BCUT2D eigenvalue weighted by Gasteiger charge is 2.26. The summed E-state index contributed by atoms with van der Waals surface area (Å²) in [5.41, 5.74) is 1.24. The molecule has 0 amide bonds. The largest absolute Gasteiger partial charge is 0.323 e. The molecule has 1 fully saturated rings. The predicted octanol–water partition coefficient (Wildman–Crippen LogP) is 2.39. The van der Waals surface area contributed by atoms with E-state index in [-0.39, 0.29) is 0 Å². The zero-order chi connectivity index (χ0) is 9.14. The van der Waals surface area contributed by atoms with Gasteiger partial charge in [-0.1, -0.05) is 20.8 Å². The first-order chi connectivity index (χ1) is 5.65. The van der Waals surface area contributed by atoms with Crippen molar-refractivity contribution >= 4 is 5.71 Å². The highest BCUT2D eigenvalue weighted by molar-refractivity contribution is 5.87. The van der Waals surface area contributed by atoms with Crippen molar-refractivity contribution in [1.29, 1.82) is 0 Å². The second-order valence-corrected chi connectivity index (χ2v) is 4.36. The van der Waals surface area contributed by atoms with Crippen LogP contribution in [0.3, 0.4) is 0 Å². The lowest BCUT2D eigenvalue weighted by atomic mass is 9.76. The molecule has 1 rings (SSSR count). The summed E-state index contributed by atoms with van der Waals surface area (Å²) in [7, 11) is 0. The predicted molar refractivity (Wildman–Crippen MR) is 53.0 cm³/mol. The molecule has 0 aliphatic heterocycles. The lowest BCUT2D eigenvalue weighted by molar-refractivity contribution is 0.364. The maximum absolute atomic E-state index is 5.38. The van der Waals surface area contributed by atoms with Crippen molar-refractivity contribution < 1.29 is 0 Å². The summed E-state index contributed by atoms with van der Waals surface area (Å²) in [6.45, 7) is 6.79. The van der Waals surface area contributed by atoms with Crippen molar-refractivity contribution in [2.24, 2.45) is 28.7 Å². The minimum atomic E-state index is 0.645. The van der Waals surface area contributed by atoms with Gasteiger partial charge in [0.2, 0.25) is 0 Å². The molecule has 0 aromatic heterocycles. The van der Waals surface area contributed by atoms with Gasteiger partial charge < -0.3 is 5.84 Å². The number of hydrogen-bond acceptors (Lipinski definition) is 2. The minimum absolute atomic E-state index is 0.645. The van der Waals surface area contributed by atoms with Gasteiger partial charge in [0.05, 0.1) is 0 Å². The third-order valence-corrected chi connectivity index (χ3v) is 2.93. The van der Waals surface area contributed by atoms with Gasteiger partial charge in [-0.3, -0.25) is 0 Å². The molecular weight excluding hydrogens is 148 g/mol. The second-order valence-electron chi connectivity index (χ2n) is 4.36. The third-order valence-electron chi connectivity index (χ3n) is 2.93. The molecule has 0 radical (unpaired) electrons. The molecule has 12 heavy (non-hydrogen) atoms. The topological polar surface area (TPSA) is 38.4 Å². The first kappa shape index (κ1) is 9.56. The number of nitrogens with two attached hydrogens (primary N) is 1. The van der Waals surface area contributed by atoms with Gasteiger partial charge in [-0.2, -0.15) is 5.10 Å².